The van der Waals surface area contributed by atoms with Crippen LogP contribution in [0.3, 0.4) is 0 Å². The molecule has 0 saturated carbocycles. The molecule has 1 N–H and O–H groups in total. The number of unbranched alkanes of at least 4 members (excludes halogenated alkanes) is 2. The zero-order chi connectivity index (χ0) is 13.4. The average molecular weight is 265 g/mol. The van der Waals surface area contributed by atoms with Gasteiger partial charge in [0.15, 0.2) is 0 Å². The molecule has 0 saturated heterocycles. The fourth-order valence-electron chi connectivity index (χ4n) is 1.84. The van der Waals surface area contributed by atoms with Gasteiger partial charge in [0.25, 0.3) is 0 Å². The lowest BCUT2D eigenvalue weighted by Crippen LogP contribution is -2.21. The minimum atomic E-state index is 0.549. The van der Waals surface area contributed by atoms with Gasteiger partial charge in [-0.2, -0.15) is 0 Å². The molecule has 0 radical (unpaired) electrons. The van der Waals surface area contributed by atoms with Gasteiger partial charge >= 0.3 is 0 Å². The summed E-state index contributed by atoms with van der Waals surface area (Å²) in [5, 5.41) is 3.46. The number of hydrogen-bond donors (Lipinski definition) is 1. The molecule has 0 aliphatic heterocycles. The van der Waals surface area contributed by atoms with Crippen LogP contribution >= 0.6 is 11.8 Å². The fourth-order valence-corrected chi connectivity index (χ4v) is 2.86. The van der Waals surface area contributed by atoms with Crippen molar-refractivity contribution in [3.05, 3.63) is 29.3 Å². The van der Waals surface area contributed by atoms with Gasteiger partial charge in [0.1, 0.15) is 0 Å². The van der Waals surface area contributed by atoms with Crippen LogP contribution in [0, 0.1) is 6.92 Å². The van der Waals surface area contributed by atoms with E-state index in [1.54, 1.807) is 0 Å². The SMILES string of the molecule is CCCCCSc1ccc(CNC(C)C)cc1C. The van der Waals surface area contributed by atoms with Gasteiger partial charge in [-0.25, -0.2) is 0 Å². The standard InChI is InChI=1S/C16H27NS/c1-5-6-7-10-18-16-9-8-15(11-14(16)4)12-17-13(2)3/h8-9,11,13,17H,5-7,10,12H2,1-4H3. The summed E-state index contributed by atoms with van der Waals surface area (Å²) in [5.41, 5.74) is 2.80. The van der Waals surface area contributed by atoms with E-state index in [0.717, 1.165) is 6.54 Å². The quantitative estimate of drug-likeness (QED) is 0.536. The van der Waals surface area contributed by atoms with E-state index < -0.39 is 0 Å². The van der Waals surface area contributed by atoms with E-state index in [2.05, 4.69) is 51.2 Å². The Morgan fingerprint density at radius 2 is 2.00 bits per heavy atom. The molecular formula is C16H27NS. The smallest absolute Gasteiger partial charge is 0.0207 e. The van der Waals surface area contributed by atoms with Gasteiger partial charge in [-0.15, -0.1) is 11.8 Å². The minimum Gasteiger partial charge on any atom is -0.310 e. The van der Waals surface area contributed by atoms with Gasteiger partial charge in [0.05, 0.1) is 0 Å². The number of nitrogens with one attached hydrogen (secondary N) is 1. The van der Waals surface area contributed by atoms with Crippen LogP contribution in [0.15, 0.2) is 23.1 Å². The second kappa shape index (κ2) is 8.60. The molecule has 0 atom stereocenters. The molecule has 0 unspecified atom stereocenters. The summed E-state index contributed by atoms with van der Waals surface area (Å²) in [6.45, 7) is 9.82. The maximum absolute atomic E-state index is 3.46. The first-order valence-electron chi connectivity index (χ1n) is 7.09. The molecule has 0 aliphatic rings. The second-order valence-electron chi connectivity index (χ2n) is 5.19. The molecule has 1 rings (SSSR count). The van der Waals surface area contributed by atoms with Crippen molar-refractivity contribution in [3.8, 4) is 0 Å². The molecule has 0 aliphatic carbocycles. The first-order valence-corrected chi connectivity index (χ1v) is 8.07. The molecule has 2 heteroatoms. The van der Waals surface area contributed by atoms with Crippen molar-refractivity contribution in [1.29, 1.82) is 0 Å². The summed E-state index contributed by atoms with van der Waals surface area (Å²) in [4.78, 5) is 1.44. The summed E-state index contributed by atoms with van der Waals surface area (Å²) in [6, 6.07) is 7.40. The second-order valence-corrected chi connectivity index (χ2v) is 6.33. The third-order valence-electron chi connectivity index (χ3n) is 2.96. The van der Waals surface area contributed by atoms with Crippen LogP contribution in [0.1, 0.15) is 51.2 Å². The van der Waals surface area contributed by atoms with Crippen molar-refractivity contribution in [1.82, 2.24) is 5.32 Å². The fraction of sp³-hybridized carbons (Fsp3) is 0.625. The Kier molecular flexibility index (Phi) is 7.45. The molecule has 0 bridgehead atoms. The summed E-state index contributed by atoms with van der Waals surface area (Å²) < 4.78 is 0. The summed E-state index contributed by atoms with van der Waals surface area (Å²) in [7, 11) is 0. The van der Waals surface area contributed by atoms with Crippen molar-refractivity contribution < 1.29 is 0 Å². The topological polar surface area (TPSA) is 12.0 Å². The predicted molar refractivity (Wildman–Crippen MR) is 83.4 cm³/mol. The van der Waals surface area contributed by atoms with E-state index in [0.29, 0.717) is 6.04 Å². The highest BCUT2D eigenvalue weighted by molar-refractivity contribution is 7.99. The van der Waals surface area contributed by atoms with Gasteiger partial charge in [0, 0.05) is 17.5 Å². The maximum atomic E-state index is 3.46. The summed E-state index contributed by atoms with van der Waals surface area (Å²) in [6.07, 6.45) is 3.99. The van der Waals surface area contributed by atoms with E-state index in [1.807, 2.05) is 11.8 Å². The Morgan fingerprint density at radius 1 is 1.22 bits per heavy atom. The van der Waals surface area contributed by atoms with E-state index in [4.69, 9.17) is 0 Å². The van der Waals surface area contributed by atoms with Gasteiger partial charge in [-0.1, -0.05) is 45.7 Å². The van der Waals surface area contributed by atoms with E-state index >= 15 is 0 Å². The molecule has 0 heterocycles. The number of benzene rings is 1. The lowest BCUT2D eigenvalue weighted by atomic mass is 10.1. The molecule has 0 aromatic heterocycles. The normalized spacial score (nSPS) is 11.2. The first kappa shape index (κ1) is 15.6. The molecule has 102 valence electrons. The van der Waals surface area contributed by atoms with Crippen molar-refractivity contribution in [2.75, 3.05) is 5.75 Å². The third kappa shape index (κ3) is 5.92. The third-order valence-corrected chi connectivity index (χ3v) is 4.22. The molecule has 1 nitrogen and oxygen atoms in total. The molecule has 0 amide bonds. The lowest BCUT2D eigenvalue weighted by molar-refractivity contribution is 0.588. The van der Waals surface area contributed by atoms with Gasteiger partial charge in [0.2, 0.25) is 0 Å². The molecule has 1 aromatic rings. The van der Waals surface area contributed by atoms with Crippen LogP contribution in [0.2, 0.25) is 0 Å². The van der Waals surface area contributed by atoms with Crippen molar-refractivity contribution in [2.45, 2.75) is 64.4 Å². The average Bonchev–Trinajstić information content (AvgIpc) is 2.34. The lowest BCUT2D eigenvalue weighted by Gasteiger charge is -2.11. The van der Waals surface area contributed by atoms with Crippen LogP contribution in [-0.4, -0.2) is 11.8 Å². The largest absolute Gasteiger partial charge is 0.310 e. The van der Waals surface area contributed by atoms with Crippen molar-refractivity contribution in [2.24, 2.45) is 0 Å². The number of aryl methyl sites for hydroxylation is 1. The Balaban J connectivity index is 2.46. The van der Waals surface area contributed by atoms with Crippen LogP contribution < -0.4 is 5.32 Å². The highest BCUT2D eigenvalue weighted by Crippen LogP contribution is 2.24. The molecule has 1 aromatic carbocycles. The van der Waals surface area contributed by atoms with Gasteiger partial charge < -0.3 is 5.32 Å². The zero-order valence-corrected chi connectivity index (χ0v) is 13.1. The highest BCUT2D eigenvalue weighted by Gasteiger charge is 2.01. The van der Waals surface area contributed by atoms with E-state index in [1.165, 1.54) is 41.0 Å². The summed E-state index contributed by atoms with van der Waals surface area (Å²) >= 11 is 2.00. The summed E-state index contributed by atoms with van der Waals surface area (Å²) in [5.74, 6) is 1.25. The van der Waals surface area contributed by atoms with Crippen molar-refractivity contribution >= 4 is 11.8 Å². The van der Waals surface area contributed by atoms with Gasteiger partial charge in [-0.05, 0) is 36.3 Å². The van der Waals surface area contributed by atoms with Crippen LogP contribution in [0.4, 0.5) is 0 Å². The molecule has 18 heavy (non-hydrogen) atoms. The Bertz CT molecular complexity index is 347. The Hall–Kier alpha value is -0.470. The predicted octanol–water partition coefficient (Wildman–Crippen LogP) is 4.78. The monoisotopic (exact) mass is 265 g/mol. The molecular weight excluding hydrogens is 238 g/mol. The Morgan fingerprint density at radius 3 is 2.61 bits per heavy atom. The van der Waals surface area contributed by atoms with Crippen LogP contribution in [0.25, 0.3) is 0 Å². The van der Waals surface area contributed by atoms with E-state index in [-0.39, 0.29) is 0 Å². The van der Waals surface area contributed by atoms with Crippen LogP contribution in [0.5, 0.6) is 0 Å². The first-order chi connectivity index (χ1) is 8.63. The molecule has 0 fully saturated rings. The van der Waals surface area contributed by atoms with Gasteiger partial charge in [-0.3, -0.25) is 0 Å². The van der Waals surface area contributed by atoms with Crippen LogP contribution in [-0.2, 0) is 6.54 Å². The number of rotatable bonds is 8. The number of thioether (sulfide) groups is 1. The highest BCUT2D eigenvalue weighted by atomic mass is 32.2. The van der Waals surface area contributed by atoms with Crippen molar-refractivity contribution in [3.63, 3.8) is 0 Å². The molecule has 0 spiro atoms. The minimum absolute atomic E-state index is 0.549. The maximum Gasteiger partial charge on any atom is 0.0207 e. The Labute approximate surface area is 117 Å². The zero-order valence-electron chi connectivity index (χ0n) is 12.3. The number of hydrogen-bond acceptors (Lipinski definition) is 2. The van der Waals surface area contributed by atoms with E-state index in [9.17, 15) is 0 Å².